The summed E-state index contributed by atoms with van der Waals surface area (Å²) in [4.78, 5) is 0.137. The smallest absolute Gasteiger partial charge is 0.262 e. The Morgan fingerprint density at radius 2 is 2.16 bits per heavy atom. The second kappa shape index (κ2) is 4.93. The lowest BCUT2D eigenvalue weighted by Gasteiger charge is -2.07. The molecule has 0 fully saturated rings. The minimum absolute atomic E-state index is 0.137. The summed E-state index contributed by atoms with van der Waals surface area (Å²) < 4.78 is 28.6. The third-order valence-corrected chi connectivity index (χ3v) is 4.02. The number of hydrogen-bond donors (Lipinski definition) is 2. The summed E-state index contributed by atoms with van der Waals surface area (Å²) in [7, 11) is -1.89. The van der Waals surface area contributed by atoms with Crippen molar-refractivity contribution >= 4 is 21.4 Å². The van der Waals surface area contributed by atoms with Crippen LogP contribution in [0.1, 0.15) is 12.6 Å². The first kappa shape index (κ1) is 13.4. The molecule has 3 N–H and O–H groups in total. The van der Waals surface area contributed by atoms with E-state index in [0.29, 0.717) is 23.5 Å². The molecule has 0 saturated heterocycles. The Kier molecular flexibility index (Phi) is 3.48. The van der Waals surface area contributed by atoms with Gasteiger partial charge in [-0.3, -0.25) is 9.40 Å². The minimum Gasteiger partial charge on any atom is -0.399 e. The molecule has 1 aromatic heterocycles. The monoisotopic (exact) mass is 280 g/mol. The number of sulfonamides is 1. The molecule has 0 saturated carbocycles. The number of rotatable bonds is 4. The predicted octanol–water partition coefficient (Wildman–Crippen LogP) is 1.37. The lowest BCUT2D eigenvalue weighted by Crippen LogP contribution is -2.13. The van der Waals surface area contributed by atoms with Gasteiger partial charge in [0.15, 0.2) is 0 Å². The highest BCUT2D eigenvalue weighted by Gasteiger charge is 2.17. The quantitative estimate of drug-likeness (QED) is 0.828. The highest BCUT2D eigenvalue weighted by molar-refractivity contribution is 7.92. The number of benzene rings is 1. The zero-order valence-electron chi connectivity index (χ0n) is 10.8. The van der Waals surface area contributed by atoms with E-state index in [1.807, 2.05) is 6.92 Å². The van der Waals surface area contributed by atoms with Crippen molar-refractivity contribution in [3.8, 4) is 0 Å². The topological polar surface area (TPSA) is 90.0 Å². The van der Waals surface area contributed by atoms with Crippen molar-refractivity contribution in [1.29, 1.82) is 0 Å². The zero-order chi connectivity index (χ0) is 14.0. The summed E-state index contributed by atoms with van der Waals surface area (Å²) >= 11 is 0. The molecule has 102 valence electrons. The van der Waals surface area contributed by atoms with Crippen molar-refractivity contribution in [2.24, 2.45) is 7.05 Å². The van der Waals surface area contributed by atoms with Gasteiger partial charge in [0.25, 0.3) is 10.0 Å². The number of nitrogens with two attached hydrogens (primary N) is 1. The zero-order valence-corrected chi connectivity index (χ0v) is 11.6. The number of nitrogens with one attached hydrogen (secondary N) is 1. The van der Waals surface area contributed by atoms with Crippen molar-refractivity contribution in [2.45, 2.75) is 18.2 Å². The van der Waals surface area contributed by atoms with E-state index < -0.39 is 10.0 Å². The molecular weight excluding hydrogens is 264 g/mol. The normalized spacial score (nSPS) is 11.5. The average molecular weight is 280 g/mol. The van der Waals surface area contributed by atoms with Crippen LogP contribution in [0.15, 0.2) is 35.4 Å². The van der Waals surface area contributed by atoms with Crippen molar-refractivity contribution in [3.63, 3.8) is 0 Å². The number of anilines is 2. The van der Waals surface area contributed by atoms with Crippen LogP contribution in [-0.2, 0) is 23.5 Å². The summed E-state index contributed by atoms with van der Waals surface area (Å²) in [6.45, 7) is 1.92. The average Bonchev–Trinajstić information content (AvgIpc) is 2.68. The van der Waals surface area contributed by atoms with Gasteiger partial charge in [-0.2, -0.15) is 5.10 Å². The Bertz CT molecular complexity index is 692. The fourth-order valence-electron chi connectivity index (χ4n) is 1.77. The lowest BCUT2D eigenvalue weighted by atomic mass is 10.3. The van der Waals surface area contributed by atoms with E-state index in [4.69, 9.17) is 5.73 Å². The van der Waals surface area contributed by atoms with E-state index in [2.05, 4.69) is 9.82 Å². The van der Waals surface area contributed by atoms with Crippen molar-refractivity contribution < 1.29 is 8.42 Å². The van der Waals surface area contributed by atoms with Gasteiger partial charge in [-0.05, 0) is 24.6 Å². The molecule has 0 amide bonds. The van der Waals surface area contributed by atoms with Gasteiger partial charge in [-0.15, -0.1) is 0 Å². The molecule has 0 bridgehead atoms. The molecule has 0 spiro atoms. The Labute approximate surface area is 112 Å². The Balaban J connectivity index is 2.36. The Hall–Kier alpha value is -2.02. The molecule has 0 aliphatic heterocycles. The highest BCUT2D eigenvalue weighted by atomic mass is 32.2. The molecule has 1 heterocycles. The lowest BCUT2D eigenvalue weighted by molar-refractivity contribution is 0.601. The van der Waals surface area contributed by atoms with Gasteiger partial charge in [-0.1, -0.05) is 13.0 Å². The van der Waals surface area contributed by atoms with Crippen LogP contribution in [0.5, 0.6) is 0 Å². The second-order valence-corrected chi connectivity index (χ2v) is 5.88. The van der Waals surface area contributed by atoms with Crippen molar-refractivity contribution in [3.05, 3.63) is 36.2 Å². The maximum atomic E-state index is 12.2. The SMILES string of the molecule is CCc1nn(C)cc1NS(=O)(=O)c1cccc(N)c1. The third kappa shape index (κ3) is 2.87. The molecule has 2 aromatic rings. The molecule has 0 unspecified atom stereocenters. The molecule has 1 aromatic carbocycles. The number of nitrogens with zero attached hydrogens (tertiary/aromatic N) is 2. The predicted molar refractivity (Wildman–Crippen MR) is 74.2 cm³/mol. The van der Waals surface area contributed by atoms with Crippen molar-refractivity contribution in [1.82, 2.24) is 9.78 Å². The Morgan fingerprint density at radius 3 is 2.79 bits per heavy atom. The third-order valence-electron chi connectivity index (χ3n) is 2.65. The van der Waals surface area contributed by atoms with Gasteiger partial charge in [0.05, 0.1) is 16.3 Å². The minimum atomic E-state index is -3.64. The number of nitrogen functional groups attached to an aromatic ring is 1. The van der Waals surface area contributed by atoms with Gasteiger partial charge in [0.1, 0.15) is 0 Å². The summed E-state index contributed by atoms with van der Waals surface area (Å²) in [5, 5.41) is 4.19. The van der Waals surface area contributed by atoms with Crippen LogP contribution in [0.3, 0.4) is 0 Å². The summed E-state index contributed by atoms with van der Waals surface area (Å²) in [6.07, 6.45) is 2.29. The van der Waals surface area contributed by atoms with Crippen LogP contribution < -0.4 is 10.5 Å². The molecule has 6 nitrogen and oxygen atoms in total. The molecular formula is C12H16N4O2S. The van der Waals surface area contributed by atoms with Crippen LogP contribution in [0.2, 0.25) is 0 Å². The molecule has 0 aliphatic carbocycles. The molecule has 2 rings (SSSR count). The first-order chi connectivity index (χ1) is 8.92. The summed E-state index contributed by atoms with van der Waals surface area (Å²) in [6, 6.07) is 6.17. The van der Waals surface area contributed by atoms with Gasteiger partial charge < -0.3 is 5.73 Å². The summed E-state index contributed by atoms with van der Waals surface area (Å²) in [5.41, 5.74) is 7.20. The molecule has 19 heavy (non-hydrogen) atoms. The Morgan fingerprint density at radius 1 is 1.42 bits per heavy atom. The maximum absolute atomic E-state index is 12.2. The van der Waals surface area contributed by atoms with Crippen LogP contribution in [-0.4, -0.2) is 18.2 Å². The maximum Gasteiger partial charge on any atom is 0.262 e. The molecule has 7 heteroatoms. The van der Waals surface area contributed by atoms with Gasteiger partial charge in [-0.25, -0.2) is 8.42 Å². The molecule has 0 radical (unpaired) electrons. The van der Waals surface area contributed by atoms with Crippen LogP contribution >= 0.6 is 0 Å². The molecule has 0 aliphatic rings. The van der Waals surface area contributed by atoms with E-state index in [0.717, 1.165) is 0 Å². The van der Waals surface area contributed by atoms with Crippen LogP contribution in [0, 0.1) is 0 Å². The standard InChI is InChI=1S/C12H16N4O2S/c1-3-11-12(8-16(2)14-11)15-19(17,18)10-6-4-5-9(13)7-10/h4-8,15H,3,13H2,1-2H3. The van der Waals surface area contributed by atoms with Gasteiger partial charge >= 0.3 is 0 Å². The van der Waals surface area contributed by atoms with Gasteiger partial charge in [0, 0.05) is 18.9 Å². The first-order valence-electron chi connectivity index (χ1n) is 5.83. The highest BCUT2D eigenvalue weighted by Crippen LogP contribution is 2.20. The van der Waals surface area contributed by atoms with E-state index in [-0.39, 0.29) is 4.90 Å². The van der Waals surface area contributed by atoms with Crippen LogP contribution in [0.4, 0.5) is 11.4 Å². The van der Waals surface area contributed by atoms with E-state index in [1.165, 1.54) is 12.1 Å². The second-order valence-electron chi connectivity index (χ2n) is 4.19. The fraction of sp³-hybridized carbons (Fsp3) is 0.250. The van der Waals surface area contributed by atoms with E-state index in [9.17, 15) is 8.42 Å². The largest absolute Gasteiger partial charge is 0.399 e. The molecule has 0 atom stereocenters. The van der Waals surface area contributed by atoms with Crippen LogP contribution in [0.25, 0.3) is 0 Å². The van der Waals surface area contributed by atoms with E-state index >= 15 is 0 Å². The van der Waals surface area contributed by atoms with Crippen molar-refractivity contribution in [2.75, 3.05) is 10.5 Å². The van der Waals surface area contributed by atoms with Gasteiger partial charge in [0.2, 0.25) is 0 Å². The number of aryl methyl sites for hydroxylation is 2. The summed E-state index contributed by atoms with van der Waals surface area (Å²) in [5.74, 6) is 0. The van der Waals surface area contributed by atoms with E-state index in [1.54, 1.807) is 30.1 Å². The fourth-order valence-corrected chi connectivity index (χ4v) is 2.89. The first-order valence-corrected chi connectivity index (χ1v) is 7.31. The number of aromatic nitrogens is 2. The number of hydrogen-bond acceptors (Lipinski definition) is 4.